The summed E-state index contributed by atoms with van der Waals surface area (Å²) in [7, 11) is 0. The number of ether oxygens (including phenoxy) is 3. The maximum atomic E-state index is 12.4. The zero-order valence-corrected chi connectivity index (χ0v) is 12.0. The Morgan fingerprint density at radius 2 is 2.23 bits per heavy atom. The van der Waals surface area contributed by atoms with Crippen LogP contribution in [-0.4, -0.2) is 30.7 Å². The van der Waals surface area contributed by atoms with Gasteiger partial charge in [-0.3, -0.25) is 19.7 Å². The highest BCUT2D eigenvalue weighted by atomic mass is 16.7. The molecule has 0 radical (unpaired) electrons. The Labute approximate surface area is 126 Å². The molecule has 1 saturated heterocycles. The fourth-order valence-corrected chi connectivity index (χ4v) is 2.54. The predicted molar refractivity (Wildman–Crippen MR) is 73.2 cm³/mol. The van der Waals surface area contributed by atoms with Crippen molar-refractivity contribution in [3.63, 3.8) is 0 Å². The molecule has 1 aromatic carbocycles. The summed E-state index contributed by atoms with van der Waals surface area (Å²) in [6, 6.07) is 5.21. The van der Waals surface area contributed by atoms with Gasteiger partial charge in [0.2, 0.25) is 12.7 Å². The molecule has 116 valence electrons. The minimum Gasteiger partial charge on any atom is -0.457 e. The van der Waals surface area contributed by atoms with Crippen molar-refractivity contribution in [3.05, 3.63) is 23.8 Å². The average Bonchev–Trinajstić information content (AvgIpc) is 2.80. The lowest BCUT2D eigenvalue weighted by atomic mass is 9.95. The molecule has 2 amide bonds. The highest BCUT2D eigenvalue weighted by molar-refractivity contribution is 6.05. The van der Waals surface area contributed by atoms with E-state index in [4.69, 9.17) is 14.2 Å². The van der Waals surface area contributed by atoms with E-state index in [1.165, 1.54) is 0 Å². The molecule has 7 nitrogen and oxygen atoms in total. The number of carbonyl (C=O) groups is 3. The van der Waals surface area contributed by atoms with E-state index in [1.807, 2.05) is 6.92 Å². The Hall–Kier alpha value is -2.57. The first-order chi connectivity index (χ1) is 10.6. The van der Waals surface area contributed by atoms with Crippen molar-refractivity contribution in [2.75, 3.05) is 6.79 Å². The van der Waals surface area contributed by atoms with Crippen molar-refractivity contribution in [1.29, 1.82) is 0 Å². The monoisotopic (exact) mass is 305 g/mol. The zero-order chi connectivity index (χ0) is 15.7. The number of carbonyl (C=O) groups excluding carboxylic acids is 3. The largest absolute Gasteiger partial charge is 0.457 e. The van der Waals surface area contributed by atoms with Crippen LogP contribution < -0.4 is 14.8 Å². The molecule has 0 spiro atoms. The second-order valence-corrected chi connectivity index (χ2v) is 5.11. The number of benzene rings is 1. The Morgan fingerprint density at radius 1 is 1.41 bits per heavy atom. The summed E-state index contributed by atoms with van der Waals surface area (Å²) in [5.74, 6) is -0.874. The molecule has 2 unspecified atom stereocenters. The number of fused-ring (bicyclic) bond motifs is 2. The third-order valence-electron chi connectivity index (χ3n) is 3.68. The van der Waals surface area contributed by atoms with Crippen molar-refractivity contribution in [3.8, 4) is 11.5 Å². The third-order valence-corrected chi connectivity index (χ3v) is 3.68. The molecule has 2 atom stereocenters. The number of imide groups is 1. The van der Waals surface area contributed by atoms with E-state index in [0.29, 0.717) is 23.5 Å². The second kappa shape index (κ2) is 5.67. The van der Waals surface area contributed by atoms with Gasteiger partial charge in [0.25, 0.3) is 5.91 Å². The maximum absolute atomic E-state index is 12.4. The van der Waals surface area contributed by atoms with Crippen LogP contribution >= 0.6 is 0 Å². The highest BCUT2D eigenvalue weighted by Gasteiger charge is 2.36. The zero-order valence-electron chi connectivity index (χ0n) is 12.0. The normalized spacial score (nSPS) is 20.7. The molecule has 2 heterocycles. The fourth-order valence-electron chi connectivity index (χ4n) is 2.54. The van der Waals surface area contributed by atoms with Gasteiger partial charge in [-0.05, 0) is 12.5 Å². The van der Waals surface area contributed by atoms with Crippen LogP contribution in [0.1, 0.15) is 31.2 Å². The van der Waals surface area contributed by atoms with Crippen LogP contribution in [0.3, 0.4) is 0 Å². The molecule has 2 aliphatic rings. The minimum absolute atomic E-state index is 0.0972. The van der Waals surface area contributed by atoms with Crippen LogP contribution in [0.4, 0.5) is 0 Å². The van der Waals surface area contributed by atoms with Crippen molar-refractivity contribution in [2.45, 2.75) is 31.8 Å². The van der Waals surface area contributed by atoms with Gasteiger partial charge in [-0.1, -0.05) is 13.0 Å². The molecule has 2 bridgehead atoms. The van der Waals surface area contributed by atoms with Gasteiger partial charge in [-0.2, -0.15) is 0 Å². The van der Waals surface area contributed by atoms with Crippen molar-refractivity contribution in [2.24, 2.45) is 0 Å². The Kier molecular flexibility index (Phi) is 3.70. The standard InChI is InChI=1S/C15H15NO6/c1-2-9(10-4-3-8-5-11(10)21-7-20-8)15(19)22-12-6-13(17)16-14(12)18/h3-5,9,12H,2,6-7H2,1H3,(H,16,17,18). The molecule has 0 aliphatic carbocycles. The van der Waals surface area contributed by atoms with E-state index >= 15 is 0 Å². The van der Waals surface area contributed by atoms with Gasteiger partial charge < -0.3 is 14.2 Å². The summed E-state index contributed by atoms with van der Waals surface area (Å²) in [6.45, 7) is 1.94. The van der Waals surface area contributed by atoms with E-state index < -0.39 is 29.8 Å². The lowest BCUT2D eigenvalue weighted by Gasteiger charge is -2.23. The first-order valence-corrected chi connectivity index (χ1v) is 7.02. The SMILES string of the molecule is CCC(C(=O)OC1CC(=O)NC1=O)c1ccc2cc1OCO2. The Bertz CT molecular complexity index is 641. The van der Waals surface area contributed by atoms with Gasteiger partial charge in [-0.15, -0.1) is 0 Å². The smallest absolute Gasteiger partial charge is 0.314 e. The molecule has 0 aromatic heterocycles. The van der Waals surface area contributed by atoms with Gasteiger partial charge in [0, 0.05) is 11.6 Å². The molecular formula is C15H15NO6. The maximum Gasteiger partial charge on any atom is 0.314 e. The molecule has 0 saturated carbocycles. The molecule has 7 heteroatoms. The quantitative estimate of drug-likeness (QED) is 0.655. The van der Waals surface area contributed by atoms with Gasteiger partial charge in [0.15, 0.2) is 6.10 Å². The number of amides is 2. The van der Waals surface area contributed by atoms with Crippen molar-refractivity contribution < 1.29 is 28.6 Å². The summed E-state index contributed by atoms with van der Waals surface area (Å²) in [5.41, 5.74) is 0.685. The summed E-state index contributed by atoms with van der Waals surface area (Å²) in [5, 5.41) is 2.11. The Morgan fingerprint density at radius 3 is 2.91 bits per heavy atom. The molecular weight excluding hydrogens is 290 g/mol. The number of nitrogens with one attached hydrogen (secondary N) is 1. The summed E-state index contributed by atoms with van der Waals surface area (Å²) >= 11 is 0. The summed E-state index contributed by atoms with van der Waals surface area (Å²) in [6.07, 6.45) is -0.691. The molecule has 3 rings (SSSR count). The number of hydrogen-bond acceptors (Lipinski definition) is 6. The lowest BCUT2D eigenvalue weighted by molar-refractivity contribution is -0.155. The first kappa shape index (κ1) is 14.4. The van der Waals surface area contributed by atoms with Gasteiger partial charge in [0.05, 0.1) is 12.3 Å². The van der Waals surface area contributed by atoms with Gasteiger partial charge in [0.1, 0.15) is 11.5 Å². The first-order valence-electron chi connectivity index (χ1n) is 7.02. The Balaban J connectivity index is 1.78. The van der Waals surface area contributed by atoms with Crippen LogP contribution in [-0.2, 0) is 19.1 Å². The average molecular weight is 305 g/mol. The summed E-state index contributed by atoms with van der Waals surface area (Å²) in [4.78, 5) is 35.0. The molecule has 1 aromatic rings. The van der Waals surface area contributed by atoms with Crippen LogP contribution in [0.5, 0.6) is 11.5 Å². The van der Waals surface area contributed by atoms with Gasteiger partial charge in [-0.25, -0.2) is 0 Å². The molecule has 1 N–H and O–H groups in total. The topological polar surface area (TPSA) is 90.9 Å². The number of hydrogen-bond donors (Lipinski definition) is 1. The van der Waals surface area contributed by atoms with Crippen LogP contribution in [0.15, 0.2) is 18.2 Å². The van der Waals surface area contributed by atoms with E-state index in [0.717, 1.165) is 0 Å². The lowest BCUT2D eigenvalue weighted by Crippen LogP contribution is -2.30. The second-order valence-electron chi connectivity index (χ2n) is 5.11. The third kappa shape index (κ3) is 2.61. The van der Waals surface area contributed by atoms with Crippen LogP contribution in [0.2, 0.25) is 0 Å². The van der Waals surface area contributed by atoms with Crippen LogP contribution in [0, 0.1) is 0 Å². The van der Waals surface area contributed by atoms with Gasteiger partial charge >= 0.3 is 5.97 Å². The van der Waals surface area contributed by atoms with Crippen molar-refractivity contribution >= 4 is 17.8 Å². The van der Waals surface area contributed by atoms with Crippen molar-refractivity contribution in [1.82, 2.24) is 5.32 Å². The number of esters is 1. The van der Waals surface area contributed by atoms with E-state index in [-0.39, 0.29) is 13.2 Å². The van der Waals surface area contributed by atoms with E-state index in [2.05, 4.69) is 5.32 Å². The van der Waals surface area contributed by atoms with E-state index in [9.17, 15) is 14.4 Å². The molecule has 22 heavy (non-hydrogen) atoms. The fraction of sp³-hybridized carbons (Fsp3) is 0.400. The molecule has 2 aliphatic heterocycles. The highest BCUT2D eigenvalue weighted by Crippen LogP contribution is 2.35. The predicted octanol–water partition coefficient (Wildman–Crippen LogP) is 0.867. The van der Waals surface area contributed by atoms with E-state index in [1.54, 1.807) is 18.2 Å². The minimum atomic E-state index is -1.05. The number of rotatable bonds is 4. The molecule has 1 fully saturated rings. The summed E-state index contributed by atoms with van der Waals surface area (Å²) < 4.78 is 15.8. The van der Waals surface area contributed by atoms with Crippen LogP contribution in [0.25, 0.3) is 0 Å².